The van der Waals surface area contributed by atoms with Crippen LogP contribution >= 0.6 is 15.9 Å². The number of carbonyl (C=O) groups is 1. The summed E-state index contributed by atoms with van der Waals surface area (Å²) in [5, 5.41) is 6.39. The van der Waals surface area contributed by atoms with Gasteiger partial charge in [0.15, 0.2) is 5.69 Å². The second-order valence-electron chi connectivity index (χ2n) is 2.78. The minimum Gasteiger partial charge on any atom is -0.473 e. The molecule has 0 amide bonds. The molecule has 0 saturated carbocycles. The summed E-state index contributed by atoms with van der Waals surface area (Å²) in [4.78, 5) is 11.4. The minimum atomic E-state index is -0.469. The fourth-order valence-electron chi connectivity index (χ4n) is 0.968. The average Bonchev–Trinajstić information content (AvgIpc) is 2.61. The highest BCUT2D eigenvalue weighted by atomic mass is 79.9. The lowest BCUT2D eigenvalue weighted by molar-refractivity contribution is 0.0518. The normalized spacial score (nSPS) is 10.2. The maximum atomic E-state index is 11.4. The second kappa shape index (κ2) is 6.49. The highest BCUT2D eigenvalue weighted by Crippen LogP contribution is 2.26. The molecule has 1 N–H and O–H groups in total. The summed E-state index contributed by atoms with van der Waals surface area (Å²) in [6, 6.07) is 0. The van der Waals surface area contributed by atoms with Crippen molar-refractivity contribution in [3.63, 3.8) is 0 Å². The van der Waals surface area contributed by atoms with Crippen molar-refractivity contribution in [2.24, 2.45) is 0 Å². The Balaban J connectivity index is 2.64. The molecule has 16 heavy (non-hydrogen) atoms. The number of esters is 1. The molecule has 0 aromatic carbocycles. The maximum Gasteiger partial charge on any atom is 0.357 e. The van der Waals surface area contributed by atoms with Gasteiger partial charge in [0.25, 0.3) is 0 Å². The topological polar surface area (TPSA) is 73.4 Å². The van der Waals surface area contributed by atoms with E-state index in [2.05, 4.69) is 26.1 Å². The fraction of sp³-hybridized carbons (Fsp3) is 0.556. The molecule has 0 fully saturated rings. The second-order valence-corrected chi connectivity index (χ2v) is 3.57. The zero-order valence-electron chi connectivity index (χ0n) is 9.08. The predicted octanol–water partition coefficient (Wildman–Crippen LogP) is 1.37. The Morgan fingerprint density at radius 2 is 2.25 bits per heavy atom. The fourth-order valence-corrected chi connectivity index (χ4v) is 1.42. The molecule has 0 bridgehead atoms. The van der Waals surface area contributed by atoms with Gasteiger partial charge in [-0.3, -0.25) is 5.10 Å². The third kappa shape index (κ3) is 3.21. The van der Waals surface area contributed by atoms with E-state index in [9.17, 15) is 4.79 Å². The number of aromatic amines is 1. The molecule has 0 radical (unpaired) electrons. The van der Waals surface area contributed by atoms with Crippen LogP contribution in [-0.2, 0) is 9.47 Å². The van der Waals surface area contributed by atoms with Gasteiger partial charge < -0.3 is 14.2 Å². The van der Waals surface area contributed by atoms with Crippen molar-refractivity contribution in [3.05, 3.63) is 10.2 Å². The van der Waals surface area contributed by atoms with Gasteiger partial charge in [-0.1, -0.05) is 0 Å². The van der Waals surface area contributed by atoms with Gasteiger partial charge in [-0.05, 0) is 22.9 Å². The van der Waals surface area contributed by atoms with Gasteiger partial charge in [-0.25, -0.2) is 4.79 Å². The summed E-state index contributed by atoms with van der Waals surface area (Å²) >= 11 is 3.21. The smallest absolute Gasteiger partial charge is 0.357 e. The lowest BCUT2D eigenvalue weighted by Gasteiger charge is -2.02. The Morgan fingerprint density at radius 3 is 2.88 bits per heavy atom. The lowest BCUT2D eigenvalue weighted by atomic mass is 10.4. The van der Waals surface area contributed by atoms with E-state index >= 15 is 0 Å². The summed E-state index contributed by atoms with van der Waals surface area (Å²) < 4.78 is 15.4. The molecule has 7 heteroatoms. The Labute approximate surface area is 101 Å². The average molecular weight is 293 g/mol. The van der Waals surface area contributed by atoms with Crippen LogP contribution in [0.5, 0.6) is 5.88 Å². The van der Waals surface area contributed by atoms with E-state index in [0.29, 0.717) is 30.2 Å². The summed E-state index contributed by atoms with van der Waals surface area (Å²) in [6.45, 7) is 2.86. The molecular formula is C9H13BrN2O4. The van der Waals surface area contributed by atoms with E-state index in [-0.39, 0.29) is 5.69 Å². The Bertz CT molecular complexity index is 353. The molecule has 90 valence electrons. The third-order valence-corrected chi connectivity index (χ3v) is 2.42. The summed E-state index contributed by atoms with van der Waals surface area (Å²) in [6.07, 6.45) is 0. The van der Waals surface area contributed by atoms with E-state index in [4.69, 9.17) is 14.2 Å². The SMILES string of the molecule is CCOC(=O)c1[nH]nc(OCCOC)c1Br. The van der Waals surface area contributed by atoms with E-state index in [0.717, 1.165) is 0 Å². The first kappa shape index (κ1) is 13.0. The van der Waals surface area contributed by atoms with Crippen molar-refractivity contribution >= 4 is 21.9 Å². The van der Waals surface area contributed by atoms with E-state index in [1.54, 1.807) is 14.0 Å². The van der Waals surface area contributed by atoms with Crippen molar-refractivity contribution in [3.8, 4) is 5.88 Å². The van der Waals surface area contributed by atoms with Crippen LogP contribution in [0.4, 0.5) is 0 Å². The zero-order chi connectivity index (χ0) is 12.0. The number of ether oxygens (including phenoxy) is 3. The predicted molar refractivity (Wildman–Crippen MR) is 59.6 cm³/mol. The monoisotopic (exact) mass is 292 g/mol. The molecule has 0 atom stereocenters. The minimum absolute atomic E-state index is 0.245. The van der Waals surface area contributed by atoms with E-state index in [1.807, 2.05) is 0 Å². The Morgan fingerprint density at radius 1 is 1.50 bits per heavy atom. The van der Waals surface area contributed by atoms with Crippen LogP contribution in [0.1, 0.15) is 17.4 Å². The van der Waals surface area contributed by atoms with Crippen LogP contribution in [0.25, 0.3) is 0 Å². The van der Waals surface area contributed by atoms with Crippen molar-refractivity contribution in [2.75, 3.05) is 26.9 Å². The Kier molecular flexibility index (Phi) is 5.27. The molecule has 0 unspecified atom stereocenters. The molecule has 1 aromatic heterocycles. The molecule has 0 saturated heterocycles. The highest BCUT2D eigenvalue weighted by Gasteiger charge is 2.19. The van der Waals surface area contributed by atoms with Gasteiger partial charge in [0.05, 0.1) is 13.2 Å². The number of aromatic nitrogens is 2. The molecule has 6 nitrogen and oxygen atoms in total. The number of nitrogens with one attached hydrogen (secondary N) is 1. The molecule has 0 aliphatic heterocycles. The van der Waals surface area contributed by atoms with Gasteiger partial charge in [0, 0.05) is 7.11 Å². The van der Waals surface area contributed by atoms with Gasteiger partial charge in [0.1, 0.15) is 11.1 Å². The van der Waals surface area contributed by atoms with E-state index in [1.165, 1.54) is 0 Å². The van der Waals surface area contributed by atoms with Crippen LogP contribution < -0.4 is 4.74 Å². The first-order valence-corrected chi connectivity index (χ1v) is 5.52. The van der Waals surface area contributed by atoms with Crippen LogP contribution in [0.2, 0.25) is 0 Å². The van der Waals surface area contributed by atoms with Gasteiger partial charge in [-0.2, -0.15) is 0 Å². The van der Waals surface area contributed by atoms with Crippen molar-refractivity contribution < 1.29 is 19.0 Å². The first-order valence-electron chi connectivity index (χ1n) is 4.73. The summed E-state index contributed by atoms with van der Waals surface area (Å²) in [5.74, 6) is -0.149. The Hall–Kier alpha value is -1.08. The van der Waals surface area contributed by atoms with Crippen molar-refractivity contribution in [1.29, 1.82) is 0 Å². The van der Waals surface area contributed by atoms with Gasteiger partial charge in [-0.15, -0.1) is 5.10 Å². The van der Waals surface area contributed by atoms with Crippen LogP contribution in [-0.4, -0.2) is 43.1 Å². The summed E-state index contributed by atoms with van der Waals surface area (Å²) in [5.41, 5.74) is 0.245. The molecule has 1 rings (SSSR count). The third-order valence-electron chi connectivity index (χ3n) is 1.68. The molecule has 1 aromatic rings. The zero-order valence-corrected chi connectivity index (χ0v) is 10.7. The van der Waals surface area contributed by atoms with Gasteiger partial charge >= 0.3 is 5.97 Å². The number of hydrogen-bond donors (Lipinski definition) is 1. The molecule has 0 aliphatic rings. The maximum absolute atomic E-state index is 11.4. The van der Waals surface area contributed by atoms with E-state index < -0.39 is 5.97 Å². The molecule has 1 heterocycles. The van der Waals surface area contributed by atoms with Crippen LogP contribution in [0, 0.1) is 0 Å². The van der Waals surface area contributed by atoms with Crippen LogP contribution in [0.3, 0.4) is 0 Å². The summed E-state index contributed by atoms with van der Waals surface area (Å²) in [7, 11) is 1.58. The number of rotatable bonds is 6. The first-order chi connectivity index (χ1) is 7.70. The standard InChI is InChI=1S/C9H13BrN2O4/c1-3-15-9(13)7-6(10)8(12-11-7)16-5-4-14-2/h3-5H2,1-2H3,(H,11,12). The number of hydrogen-bond acceptors (Lipinski definition) is 5. The largest absolute Gasteiger partial charge is 0.473 e. The molecular weight excluding hydrogens is 280 g/mol. The number of halogens is 1. The van der Waals surface area contributed by atoms with Crippen LogP contribution in [0.15, 0.2) is 4.47 Å². The van der Waals surface area contributed by atoms with Crippen molar-refractivity contribution in [1.82, 2.24) is 10.2 Å². The highest BCUT2D eigenvalue weighted by molar-refractivity contribution is 9.10. The lowest BCUT2D eigenvalue weighted by Crippen LogP contribution is -2.06. The quantitative estimate of drug-likeness (QED) is 0.633. The molecule has 0 spiro atoms. The number of carbonyl (C=O) groups excluding carboxylic acids is 1. The van der Waals surface area contributed by atoms with Gasteiger partial charge in [0.2, 0.25) is 5.88 Å². The molecule has 0 aliphatic carbocycles. The number of nitrogens with zero attached hydrogens (tertiary/aromatic N) is 1. The van der Waals surface area contributed by atoms with Crippen molar-refractivity contribution in [2.45, 2.75) is 6.92 Å². The number of H-pyrrole nitrogens is 1. The number of methoxy groups -OCH3 is 1.